The maximum Gasteiger partial charge on any atom is 0.405 e. The van der Waals surface area contributed by atoms with E-state index in [4.69, 9.17) is 14.9 Å². The summed E-state index contributed by atoms with van der Waals surface area (Å²) in [6.45, 7) is 1.01. The molecule has 0 bridgehead atoms. The van der Waals surface area contributed by atoms with E-state index in [1.807, 2.05) is 10.6 Å². The van der Waals surface area contributed by atoms with Gasteiger partial charge >= 0.3 is 11.8 Å². The number of ether oxygens (including phenoxy) is 1. The molecule has 2 rings (SSSR count). The van der Waals surface area contributed by atoms with Crippen LogP contribution in [0.4, 0.5) is 15.0 Å². The number of carbonyl (C=O) groups is 3. The van der Waals surface area contributed by atoms with E-state index in [1.54, 1.807) is 0 Å². The Labute approximate surface area is 186 Å². The van der Waals surface area contributed by atoms with Crippen LogP contribution in [-0.4, -0.2) is 85.4 Å². The van der Waals surface area contributed by atoms with Gasteiger partial charge in [0.1, 0.15) is 24.4 Å². The number of carboxylic acid groups (broad SMARTS) is 1. The Kier molecular flexibility index (Phi) is 9.22. The van der Waals surface area contributed by atoms with Crippen molar-refractivity contribution in [2.24, 2.45) is 0 Å². The Morgan fingerprint density at radius 1 is 1.27 bits per heavy atom. The normalized spacial score (nSPS) is 23.1. The molecule has 1 unspecified atom stereocenters. The fourth-order valence-electron chi connectivity index (χ4n) is 3.18. The van der Waals surface area contributed by atoms with Crippen molar-refractivity contribution in [1.82, 2.24) is 20.2 Å². The van der Waals surface area contributed by atoms with Crippen LogP contribution >= 0.6 is 0 Å². The van der Waals surface area contributed by atoms with Crippen LogP contribution in [0, 0.1) is 5.82 Å². The first-order valence-electron chi connectivity index (χ1n) is 10.0. The lowest BCUT2D eigenvalue weighted by Gasteiger charge is -2.19. The highest BCUT2D eigenvalue weighted by Gasteiger charge is 2.44. The van der Waals surface area contributed by atoms with Crippen LogP contribution in [0.5, 0.6) is 0 Å². The molecule has 7 N–H and O–H groups in total. The van der Waals surface area contributed by atoms with Gasteiger partial charge in [-0.15, -0.1) is 0 Å². The Hall–Kier alpha value is -3.14. The fourth-order valence-corrected chi connectivity index (χ4v) is 3.18. The molecule has 0 aliphatic carbocycles. The van der Waals surface area contributed by atoms with Crippen LogP contribution in [0.25, 0.3) is 0 Å². The summed E-state index contributed by atoms with van der Waals surface area (Å²) in [6.07, 6.45) is -5.97. The summed E-state index contributed by atoms with van der Waals surface area (Å²) < 4.78 is 20.3. The summed E-state index contributed by atoms with van der Waals surface area (Å²) in [5.74, 6) is -3.17. The molecule has 1 aromatic rings. The van der Waals surface area contributed by atoms with E-state index in [9.17, 15) is 33.8 Å². The second-order valence-electron chi connectivity index (χ2n) is 7.33. The van der Waals surface area contributed by atoms with Gasteiger partial charge in [-0.05, 0) is 19.3 Å². The fraction of sp³-hybridized carbons (Fsp3) is 0.611. The molecule has 0 radical (unpaired) electrons. The van der Waals surface area contributed by atoms with Crippen molar-refractivity contribution in [1.29, 1.82) is 0 Å². The van der Waals surface area contributed by atoms with E-state index in [1.165, 1.54) is 6.92 Å². The third-order valence-corrected chi connectivity index (χ3v) is 4.85. The highest BCUT2D eigenvalue weighted by Crippen LogP contribution is 2.28. The summed E-state index contributed by atoms with van der Waals surface area (Å²) in [5.41, 5.74) is -1.14. The first kappa shape index (κ1) is 26.1. The van der Waals surface area contributed by atoms with Gasteiger partial charge in [0.25, 0.3) is 0 Å². The second kappa shape index (κ2) is 11.6. The molecule has 0 saturated carbocycles. The number of nitrogens with zero attached hydrogens (tertiary/aromatic N) is 2. The minimum Gasteiger partial charge on any atom is -0.465 e. The number of anilines is 1. The molecule has 14 nitrogen and oxygen atoms in total. The minimum atomic E-state index is -1.65. The molecule has 1 saturated heterocycles. The summed E-state index contributed by atoms with van der Waals surface area (Å²) >= 11 is 0. The number of unbranched alkanes of at least 4 members (excludes halogenated alkanes) is 1. The largest absolute Gasteiger partial charge is 0.465 e. The Morgan fingerprint density at radius 2 is 1.97 bits per heavy atom. The molecule has 0 aromatic carbocycles. The zero-order valence-electron chi connectivity index (χ0n) is 17.6. The van der Waals surface area contributed by atoms with Crippen LogP contribution in [0.2, 0.25) is 0 Å². The summed E-state index contributed by atoms with van der Waals surface area (Å²) in [7, 11) is 0. The number of aliphatic hydroxyl groups is 3. The number of rotatable bonds is 10. The van der Waals surface area contributed by atoms with Crippen LogP contribution in [-0.2, 0) is 14.3 Å². The zero-order valence-corrected chi connectivity index (χ0v) is 17.6. The molecule has 1 aromatic heterocycles. The second-order valence-corrected chi connectivity index (χ2v) is 7.33. The van der Waals surface area contributed by atoms with E-state index in [0.717, 1.165) is 0 Å². The van der Waals surface area contributed by atoms with Crippen LogP contribution in [0.15, 0.2) is 11.0 Å². The predicted octanol–water partition coefficient (Wildman–Crippen LogP) is -2.12. The van der Waals surface area contributed by atoms with Crippen molar-refractivity contribution >= 4 is 23.7 Å². The number of hydrogen-bond donors (Lipinski definition) is 7. The van der Waals surface area contributed by atoms with Gasteiger partial charge in [-0.2, -0.15) is 4.98 Å². The molecule has 1 aliphatic heterocycles. The molecule has 5 atom stereocenters. The Morgan fingerprint density at radius 3 is 2.55 bits per heavy atom. The van der Waals surface area contributed by atoms with Crippen molar-refractivity contribution < 1.29 is 43.9 Å². The predicted molar refractivity (Wildman–Crippen MR) is 108 cm³/mol. The van der Waals surface area contributed by atoms with Crippen LogP contribution in [0.3, 0.4) is 0 Å². The van der Waals surface area contributed by atoms with Gasteiger partial charge in [-0.1, -0.05) is 0 Å². The average molecular weight is 475 g/mol. The third kappa shape index (κ3) is 6.92. The number of halogens is 1. The first-order chi connectivity index (χ1) is 15.5. The van der Waals surface area contributed by atoms with E-state index in [0.29, 0.717) is 30.2 Å². The number of hydrogen-bond acceptors (Lipinski definition) is 9. The highest BCUT2D eigenvalue weighted by molar-refractivity contribution is 5.95. The average Bonchev–Trinajstić information content (AvgIpc) is 3.02. The van der Waals surface area contributed by atoms with Crippen molar-refractivity contribution in [3.05, 3.63) is 22.5 Å². The lowest BCUT2D eigenvalue weighted by atomic mass is 10.1. The maximum absolute atomic E-state index is 14.5. The molecular weight excluding hydrogens is 449 g/mol. The van der Waals surface area contributed by atoms with Gasteiger partial charge in [0.05, 0.1) is 12.8 Å². The summed E-state index contributed by atoms with van der Waals surface area (Å²) in [4.78, 5) is 50.0. The molecule has 3 amide bonds. The van der Waals surface area contributed by atoms with E-state index >= 15 is 0 Å². The molecule has 1 aliphatic rings. The number of aliphatic hydroxyl groups excluding tert-OH is 3. The van der Waals surface area contributed by atoms with E-state index < -0.39 is 66.5 Å². The maximum atomic E-state index is 14.5. The molecule has 33 heavy (non-hydrogen) atoms. The van der Waals surface area contributed by atoms with E-state index in [2.05, 4.69) is 10.3 Å². The Balaban J connectivity index is 2.10. The molecule has 1 fully saturated rings. The zero-order chi connectivity index (χ0) is 24.7. The van der Waals surface area contributed by atoms with Crippen LogP contribution < -0.4 is 21.6 Å². The van der Waals surface area contributed by atoms with Gasteiger partial charge in [-0.25, -0.2) is 14.0 Å². The van der Waals surface area contributed by atoms with Gasteiger partial charge in [0.2, 0.25) is 11.8 Å². The van der Waals surface area contributed by atoms with Crippen molar-refractivity contribution in [3.8, 4) is 0 Å². The quantitative estimate of drug-likeness (QED) is 0.183. The van der Waals surface area contributed by atoms with Gasteiger partial charge in [0.15, 0.2) is 17.9 Å². The van der Waals surface area contributed by atoms with E-state index in [-0.39, 0.29) is 12.3 Å². The highest BCUT2D eigenvalue weighted by atomic mass is 19.1. The number of aromatic nitrogens is 2. The standard InChI is InChI=1S/C18H26FN5O9/c1-8(26)20-5-3-2-4-10(21-18(31)32)15(29)22-14-9(19)6-24(17(30)23-14)16-13(28)12(27)11(7-25)33-16/h6,10-13,16,21,25,27-28H,2-5,7H2,1H3,(H,20,26)(H,31,32)(H,22,23,29,30)/t10?,11-,12-,13+,16-/m1/s1. The first-order valence-corrected chi connectivity index (χ1v) is 10.0. The molecule has 184 valence electrons. The SMILES string of the molecule is CC(=O)NCCCCC(NC(=O)O)C(=O)Nc1nc(=O)n([C@@H]2O[C@H](CO)[C@@H](O)[C@@H]2O)cc1F. The van der Waals surface area contributed by atoms with Crippen molar-refractivity contribution in [2.45, 2.75) is 56.8 Å². The molecule has 2 heterocycles. The number of carbonyl (C=O) groups excluding carboxylic acids is 2. The topological polar surface area (TPSA) is 212 Å². The molecule has 15 heteroatoms. The number of nitrogens with one attached hydrogen (secondary N) is 3. The van der Waals surface area contributed by atoms with Gasteiger partial charge in [0, 0.05) is 13.5 Å². The third-order valence-electron chi connectivity index (χ3n) is 4.85. The lowest BCUT2D eigenvalue weighted by Crippen LogP contribution is -2.44. The molecular formula is C18H26FN5O9. The smallest absolute Gasteiger partial charge is 0.405 e. The Bertz CT molecular complexity index is 927. The lowest BCUT2D eigenvalue weighted by molar-refractivity contribution is -0.119. The van der Waals surface area contributed by atoms with Gasteiger partial charge in [-0.3, -0.25) is 14.2 Å². The minimum absolute atomic E-state index is 0.0267. The van der Waals surface area contributed by atoms with Crippen LogP contribution in [0.1, 0.15) is 32.4 Å². The summed E-state index contributed by atoms with van der Waals surface area (Å²) in [6, 6.07) is -1.29. The number of amides is 3. The van der Waals surface area contributed by atoms with Crippen molar-refractivity contribution in [2.75, 3.05) is 18.5 Å². The van der Waals surface area contributed by atoms with Gasteiger partial charge < -0.3 is 41.1 Å². The van der Waals surface area contributed by atoms with Crippen molar-refractivity contribution in [3.63, 3.8) is 0 Å². The molecule has 0 spiro atoms. The summed E-state index contributed by atoms with van der Waals surface area (Å²) in [5, 5.41) is 44.5. The monoisotopic (exact) mass is 475 g/mol.